The van der Waals surface area contributed by atoms with Gasteiger partial charge in [0.15, 0.2) is 0 Å². The minimum atomic E-state index is -1.75. The van der Waals surface area contributed by atoms with Gasteiger partial charge in [-0.3, -0.25) is 0 Å². The molecule has 0 aliphatic rings. The van der Waals surface area contributed by atoms with Gasteiger partial charge < -0.3 is 0 Å². The molecule has 4 aromatic rings. The normalized spacial score (nSPS) is 13.1. The third-order valence-corrected chi connectivity index (χ3v) is 16.4. The zero-order valence-electron chi connectivity index (χ0n) is 24.7. The molecule has 4 heteroatoms. The van der Waals surface area contributed by atoms with Gasteiger partial charge >= 0.3 is 0 Å². The Kier molecular flexibility index (Phi) is 8.02. The molecule has 0 amide bonds. The Hall–Kier alpha value is -2.04. The number of aromatic nitrogens is 2. The quantitative estimate of drug-likeness (QED) is 0.212. The summed E-state index contributed by atoms with van der Waals surface area (Å²) in [5.74, 6) is 2.11. The van der Waals surface area contributed by atoms with Gasteiger partial charge in [0.2, 0.25) is 0 Å². The summed E-state index contributed by atoms with van der Waals surface area (Å²) in [6, 6.07) is 17.6. The highest BCUT2D eigenvalue weighted by Gasteiger charge is 2.40. The van der Waals surface area contributed by atoms with Crippen molar-refractivity contribution >= 4 is 44.9 Å². The van der Waals surface area contributed by atoms with Gasteiger partial charge in [-0.2, -0.15) is 0 Å². The van der Waals surface area contributed by atoms with Gasteiger partial charge in [0.05, 0.1) is 15.9 Å². The van der Waals surface area contributed by atoms with Crippen LogP contribution in [0.4, 0.5) is 0 Å². The van der Waals surface area contributed by atoms with Crippen molar-refractivity contribution < 1.29 is 0 Å². The van der Waals surface area contributed by atoms with Crippen LogP contribution >= 0.6 is 11.3 Å². The van der Waals surface area contributed by atoms with E-state index in [9.17, 15) is 0 Å². The average molecular weight is 531 g/mol. The Labute approximate surface area is 230 Å². The van der Waals surface area contributed by atoms with Crippen LogP contribution in [0.25, 0.3) is 32.2 Å². The SMILES string of the molecule is Cc1c([Si](CC(C)C)(CC(C)C)CC(C)C)sc2c(-c3cc(C(C)(C)C)c4ccccc4c3)ncnc12. The lowest BCUT2D eigenvalue weighted by Gasteiger charge is -2.36. The van der Waals surface area contributed by atoms with E-state index in [2.05, 4.69) is 106 Å². The third kappa shape index (κ3) is 5.71. The molecule has 4 rings (SSSR count). The fourth-order valence-corrected chi connectivity index (χ4v) is 16.3. The molecule has 2 aromatic carbocycles. The summed E-state index contributed by atoms with van der Waals surface area (Å²) in [6.07, 6.45) is 1.80. The molecule has 37 heavy (non-hydrogen) atoms. The molecule has 0 fully saturated rings. The number of nitrogens with zero attached hydrogens (tertiary/aromatic N) is 2. The van der Waals surface area contributed by atoms with Gasteiger partial charge in [-0.1, -0.05) is 105 Å². The van der Waals surface area contributed by atoms with Crippen molar-refractivity contribution in [1.29, 1.82) is 0 Å². The maximum absolute atomic E-state index is 4.94. The highest BCUT2D eigenvalue weighted by molar-refractivity contribution is 7.32. The molecule has 0 N–H and O–H groups in total. The molecular weight excluding hydrogens is 485 g/mol. The minimum absolute atomic E-state index is 0.0478. The lowest BCUT2D eigenvalue weighted by atomic mass is 9.82. The predicted octanol–water partition coefficient (Wildman–Crippen LogP) is 9.74. The van der Waals surface area contributed by atoms with Crippen LogP contribution in [-0.4, -0.2) is 18.0 Å². The first-order valence-corrected chi connectivity index (χ1v) is 17.5. The fourth-order valence-electron chi connectivity index (χ4n) is 6.68. The maximum atomic E-state index is 4.94. The zero-order chi connectivity index (χ0) is 27.1. The number of thiophene rings is 1. The molecular formula is C33H46N2SSi. The molecule has 0 saturated heterocycles. The van der Waals surface area contributed by atoms with E-state index in [4.69, 9.17) is 9.97 Å². The summed E-state index contributed by atoms with van der Waals surface area (Å²) in [4.78, 5) is 9.83. The highest BCUT2D eigenvalue weighted by atomic mass is 32.1. The first-order valence-electron chi connectivity index (χ1n) is 14.1. The molecule has 0 unspecified atom stereocenters. The first kappa shape index (κ1) is 28.0. The van der Waals surface area contributed by atoms with E-state index in [-0.39, 0.29) is 5.41 Å². The second-order valence-corrected chi connectivity index (χ2v) is 19.2. The topological polar surface area (TPSA) is 25.8 Å². The fraction of sp³-hybridized carbons (Fsp3) is 0.515. The average Bonchev–Trinajstić information content (AvgIpc) is 3.13. The van der Waals surface area contributed by atoms with Crippen molar-refractivity contribution in [2.24, 2.45) is 17.8 Å². The predicted molar refractivity (Wildman–Crippen MR) is 168 cm³/mol. The second kappa shape index (κ2) is 10.6. The van der Waals surface area contributed by atoms with Gasteiger partial charge in [-0.25, -0.2) is 9.97 Å². The Balaban J connectivity index is 2.00. The van der Waals surface area contributed by atoms with Gasteiger partial charge in [0.25, 0.3) is 0 Å². The molecule has 2 aromatic heterocycles. The van der Waals surface area contributed by atoms with Crippen molar-refractivity contribution in [2.75, 3.05) is 0 Å². The van der Waals surface area contributed by atoms with Gasteiger partial charge in [-0.15, -0.1) is 11.3 Å². The van der Waals surface area contributed by atoms with E-state index in [1.807, 2.05) is 11.3 Å². The molecule has 0 spiro atoms. The molecule has 0 radical (unpaired) electrons. The lowest BCUT2D eigenvalue weighted by molar-refractivity contribution is 0.596. The van der Waals surface area contributed by atoms with Gasteiger partial charge in [-0.05, 0) is 68.6 Å². The molecule has 0 aliphatic carbocycles. The summed E-state index contributed by atoms with van der Waals surface area (Å²) < 4.78 is 2.95. The van der Waals surface area contributed by atoms with E-state index in [0.29, 0.717) is 17.8 Å². The molecule has 0 aliphatic heterocycles. The Morgan fingerprint density at radius 2 is 1.43 bits per heavy atom. The summed E-state index contributed by atoms with van der Waals surface area (Å²) in [6.45, 7) is 23.8. The van der Waals surface area contributed by atoms with Crippen LogP contribution in [0.5, 0.6) is 0 Å². The zero-order valence-corrected chi connectivity index (χ0v) is 26.5. The molecule has 198 valence electrons. The summed E-state index contributed by atoms with van der Waals surface area (Å²) in [5.41, 5.74) is 6.34. The maximum Gasteiger partial charge on any atom is 0.116 e. The van der Waals surface area contributed by atoms with Crippen molar-refractivity contribution in [3.8, 4) is 11.3 Å². The highest BCUT2D eigenvalue weighted by Crippen LogP contribution is 2.41. The van der Waals surface area contributed by atoms with E-state index >= 15 is 0 Å². The smallest absolute Gasteiger partial charge is 0.116 e. The minimum Gasteiger partial charge on any atom is -0.235 e. The van der Waals surface area contributed by atoms with Gasteiger partial charge in [0.1, 0.15) is 14.4 Å². The molecule has 2 nitrogen and oxygen atoms in total. The van der Waals surface area contributed by atoms with Crippen molar-refractivity contribution in [2.45, 2.75) is 92.8 Å². The second-order valence-electron chi connectivity index (χ2n) is 13.5. The number of hydrogen-bond acceptors (Lipinski definition) is 3. The van der Waals surface area contributed by atoms with Gasteiger partial charge in [0, 0.05) is 5.56 Å². The van der Waals surface area contributed by atoms with Crippen molar-refractivity contribution in [3.05, 3.63) is 53.9 Å². The Morgan fingerprint density at radius 3 is 2.00 bits per heavy atom. The number of benzene rings is 2. The molecule has 0 bridgehead atoms. The standard InChI is InChI=1S/C33H46N2SSi/c1-21(2)17-37(18-22(3)4,19-23(5)6)32-24(7)29-31(36-32)30(35-20-34-29)26-15-25-13-11-12-14-27(25)28(16-26)33(8,9)10/h11-16,20-23H,17-19H2,1-10H3. The number of rotatable bonds is 8. The first-order chi connectivity index (χ1) is 17.3. The van der Waals surface area contributed by atoms with E-state index in [1.54, 1.807) is 10.8 Å². The van der Waals surface area contributed by atoms with Crippen LogP contribution in [-0.2, 0) is 5.41 Å². The lowest BCUT2D eigenvalue weighted by Crippen LogP contribution is -2.50. The Morgan fingerprint density at radius 1 is 0.838 bits per heavy atom. The Bertz CT molecular complexity index is 1360. The van der Waals surface area contributed by atoms with Crippen LogP contribution in [0.1, 0.15) is 73.4 Å². The number of fused-ring (bicyclic) bond motifs is 2. The number of hydrogen-bond donors (Lipinski definition) is 0. The summed E-state index contributed by atoms with van der Waals surface area (Å²) >= 11 is 2.03. The largest absolute Gasteiger partial charge is 0.235 e. The van der Waals surface area contributed by atoms with Crippen LogP contribution in [0.2, 0.25) is 18.1 Å². The summed E-state index contributed by atoms with van der Waals surface area (Å²) in [7, 11) is -1.75. The number of aryl methyl sites for hydroxylation is 1. The molecule has 2 heterocycles. The molecule has 0 saturated carbocycles. The summed E-state index contributed by atoms with van der Waals surface area (Å²) in [5, 5.41) is 2.62. The van der Waals surface area contributed by atoms with Crippen molar-refractivity contribution in [3.63, 3.8) is 0 Å². The monoisotopic (exact) mass is 530 g/mol. The van der Waals surface area contributed by atoms with Crippen molar-refractivity contribution in [1.82, 2.24) is 9.97 Å². The van der Waals surface area contributed by atoms with E-state index in [1.165, 1.54) is 55.8 Å². The molecule has 0 atom stereocenters. The third-order valence-electron chi connectivity index (χ3n) is 7.53. The van der Waals surface area contributed by atoms with E-state index < -0.39 is 8.07 Å². The van der Waals surface area contributed by atoms with Crippen LogP contribution in [0.3, 0.4) is 0 Å². The van der Waals surface area contributed by atoms with Crippen LogP contribution in [0.15, 0.2) is 42.7 Å². The van der Waals surface area contributed by atoms with Crippen LogP contribution < -0.4 is 4.50 Å². The van der Waals surface area contributed by atoms with Crippen LogP contribution in [0, 0.1) is 24.7 Å². The van der Waals surface area contributed by atoms with E-state index in [0.717, 1.165) is 5.69 Å².